The largest absolute Gasteiger partial charge is 0.493 e. The highest BCUT2D eigenvalue weighted by Crippen LogP contribution is 2.47. The van der Waals surface area contributed by atoms with Crippen LogP contribution in [0, 0.1) is 0 Å². The molecule has 2 unspecified atom stereocenters. The fourth-order valence-electron chi connectivity index (χ4n) is 3.03. The second-order valence-electron chi connectivity index (χ2n) is 5.63. The van der Waals surface area contributed by atoms with Crippen molar-refractivity contribution in [1.82, 2.24) is 4.90 Å². The lowest BCUT2D eigenvalue weighted by Crippen LogP contribution is -2.20. The Balaban J connectivity index is 2.06. The van der Waals surface area contributed by atoms with E-state index < -0.39 is 6.10 Å². The Morgan fingerprint density at radius 2 is 2.38 bits per heavy atom. The lowest BCUT2D eigenvalue weighted by atomic mass is 9.95. The van der Waals surface area contributed by atoms with E-state index in [2.05, 4.69) is 30.7 Å². The van der Waals surface area contributed by atoms with Crippen LogP contribution in [-0.4, -0.2) is 42.9 Å². The van der Waals surface area contributed by atoms with Gasteiger partial charge in [0.15, 0.2) is 11.5 Å². The first-order valence-electron chi connectivity index (χ1n) is 7.20. The van der Waals surface area contributed by atoms with Crippen LogP contribution in [0.3, 0.4) is 0 Å². The van der Waals surface area contributed by atoms with Gasteiger partial charge in [-0.25, -0.2) is 0 Å². The third-order valence-electron chi connectivity index (χ3n) is 4.11. The minimum atomic E-state index is -0.569. The van der Waals surface area contributed by atoms with Gasteiger partial charge in [0.25, 0.3) is 0 Å². The summed E-state index contributed by atoms with van der Waals surface area (Å²) in [5.74, 6) is 1.55. The van der Waals surface area contributed by atoms with Gasteiger partial charge in [-0.15, -0.1) is 6.58 Å². The first-order chi connectivity index (χ1) is 10.1. The molecular weight excluding hydrogens is 266 g/mol. The molecule has 2 atom stereocenters. The fraction of sp³-hybridized carbons (Fsp3) is 0.412. The van der Waals surface area contributed by atoms with Gasteiger partial charge in [0.1, 0.15) is 6.10 Å². The van der Waals surface area contributed by atoms with Crippen molar-refractivity contribution < 1.29 is 14.6 Å². The first-order valence-corrected chi connectivity index (χ1v) is 7.20. The van der Waals surface area contributed by atoms with Crippen molar-refractivity contribution in [1.29, 1.82) is 0 Å². The number of ether oxygens (including phenoxy) is 2. The van der Waals surface area contributed by atoms with Crippen molar-refractivity contribution in [3.63, 3.8) is 0 Å². The van der Waals surface area contributed by atoms with Crippen molar-refractivity contribution in [2.75, 3.05) is 20.7 Å². The molecule has 2 aliphatic rings. The summed E-state index contributed by atoms with van der Waals surface area (Å²) in [5.41, 5.74) is 3.54. The molecule has 0 aliphatic carbocycles. The topological polar surface area (TPSA) is 41.9 Å². The van der Waals surface area contributed by atoms with E-state index in [1.807, 2.05) is 6.07 Å². The van der Waals surface area contributed by atoms with Gasteiger partial charge in [-0.1, -0.05) is 18.2 Å². The normalized spacial score (nSPS) is 21.9. The molecule has 21 heavy (non-hydrogen) atoms. The molecule has 1 aromatic rings. The molecule has 2 aliphatic heterocycles. The van der Waals surface area contributed by atoms with E-state index in [1.54, 1.807) is 13.2 Å². The standard InChI is InChI=1S/C17H21NO3/c1-4-12(19)9-15-13-7-8-18(2)10-11-5-6-14(20-3)17(21-15)16(11)13/h4-7,12,15,19H,1,8-10H2,2-3H3. The van der Waals surface area contributed by atoms with E-state index in [0.717, 1.165) is 35.7 Å². The second kappa shape index (κ2) is 5.54. The van der Waals surface area contributed by atoms with Gasteiger partial charge in [0.2, 0.25) is 0 Å². The molecule has 0 aromatic heterocycles. The fourth-order valence-corrected chi connectivity index (χ4v) is 3.03. The summed E-state index contributed by atoms with van der Waals surface area (Å²) in [5, 5.41) is 9.88. The molecule has 0 fully saturated rings. The summed E-state index contributed by atoms with van der Waals surface area (Å²) >= 11 is 0. The summed E-state index contributed by atoms with van der Waals surface area (Å²) in [4.78, 5) is 2.26. The van der Waals surface area contributed by atoms with Crippen molar-refractivity contribution in [3.05, 3.63) is 42.0 Å². The Kier molecular flexibility index (Phi) is 3.74. The highest BCUT2D eigenvalue weighted by atomic mass is 16.5. The average Bonchev–Trinajstić information content (AvgIpc) is 2.74. The molecule has 2 heterocycles. The highest BCUT2D eigenvalue weighted by Gasteiger charge is 2.35. The number of hydrogen-bond acceptors (Lipinski definition) is 4. The highest BCUT2D eigenvalue weighted by molar-refractivity contribution is 5.82. The Morgan fingerprint density at radius 3 is 3.10 bits per heavy atom. The van der Waals surface area contributed by atoms with E-state index in [1.165, 1.54) is 5.56 Å². The summed E-state index contributed by atoms with van der Waals surface area (Å²) in [6.45, 7) is 5.39. The molecule has 4 heteroatoms. The van der Waals surface area contributed by atoms with Crippen molar-refractivity contribution in [2.45, 2.75) is 25.2 Å². The molecule has 0 amide bonds. The Labute approximate surface area is 125 Å². The minimum absolute atomic E-state index is 0.144. The Hall–Kier alpha value is -1.78. The van der Waals surface area contributed by atoms with Crippen LogP contribution in [0.1, 0.15) is 17.5 Å². The van der Waals surface area contributed by atoms with Gasteiger partial charge >= 0.3 is 0 Å². The summed E-state index contributed by atoms with van der Waals surface area (Å²) in [6.07, 6.45) is 3.54. The van der Waals surface area contributed by atoms with Crippen LogP contribution in [0.5, 0.6) is 11.5 Å². The molecule has 0 saturated heterocycles. The predicted molar refractivity (Wildman–Crippen MR) is 82.5 cm³/mol. The molecule has 0 bridgehead atoms. The lowest BCUT2D eigenvalue weighted by molar-refractivity contribution is 0.155. The molecule has 1 aromatic carbocycles. The van der Waals surface area contributed by atoms with Crippen LogP contribution in [0.2, 0.25) is 0 Å². The maximum atomic E-state index is 9.88. The number of aliphatic hydroxyl groups excluding tert-OH is 1. The predicted octanol–water partition coefficient (Wildman–Crippen LogP) is 2.22. The van der Waals surface area contributed by atoms with Crippen molar-refractivity contribution >= 4 is 5.57 Å². The number of hydrogen-bond donors (Lipinski definition) is 1. The number of rotatable bonds is 4. The monoisotopic (exact) mass is 287 g/mol. The first kappa shape index (κ1) is 14.2. The van der Waals surface area contributed by atoms with E-state index in [9.17, 15) is 5.11 Å². The number of likely N-dealkylation sites (N-methyl/N-ethyl adjacent to an activating group) is 1. The third kappa shape index (κ3) is 2.45. The zero-order valence-corrected chi connectivity index (χ0v) is 12.5. The Morgan fingerprint density at radius 1 is 1.57 bits per heavy atom. The van der Waals surface area contributed by atoms with Crippen LogP contribution in [0.15, 0.2) is 30.9 Å². The van der Waals surface area contributed by atoms with Crippen molar-refractivity contribution in [2.24, 2.45) is 0 Å². The van der Waals surface area contributed by atoms with Crippen LogP contribution in [0.25, 0.3) is 5.57 Å². The van der Waals surface area contributed by atoms with E-state index in [4.69, 9.17) is 9.47 Å². The van der Waals surface area contributed by atoms with Gasteiger partial charge in [-0.3, -0.25) is 4.90 Å². The number of methoxy groups -OCH3 is 1. The molecule has 4 nitrogen and oxygen atoms in total. The van der Waals surface area contributed by atoms with E-state index >= 15 is 0 Å². The zero-order valence-electron chi connectivity index (χ0n) is 12.5. The van der Waals surface area contributed by atoms with Crippen LogP contribution < -0.4 is 9.47 Å². The summed E-state index contributed by atoms with van der Waals surface area (Å²) in [7, 11) is 3.75. The summed E-state index contributed by atoms with van der Waals surface area (Å²) < 4.78 is 11.5. The second-order valence-corrected chi connectivity index (χ2v) is 5.63. The van der Waals surface area contributed by atoms with Crippen LogP contribution in [-0.2, 0) is 6.54 Å². The third-order valence-corrected chi connectivity index (χ3v) is 4.11. The molecule has 1 N–H and O–H groups in total. The van der Waals surface area contributed by atoms with Gasteiger partial charge in [-0.05, 0) is 18.7 Å². The van der Waals surface area contributed by atoms with E-state index in [0.29, 0.717) is 6.42 Å². The summed E-state index contributed by atoms with van der Waals surface area (Å²) in [6, 6.07) is 4.06. The molecule has 0 saturated carbocycles. The number of benzene rings is 1. The van der Waals surface area contributed by atoms with Gasteiger partial charge in [-0.2, -0.15) is 0 Å². The average molecular weight is 287 g/mol. The zero-order chi connectivity index (χ0) is 15.0. The van der Waals surface area contributed by atoms with Crippen LogP contribution in [0.4, 0.5) is 0 Å². The molecular formula is C17H21NO3. The molecule has 112 valence electrons. The number of nitrogens with zero attached hydrogens (tertiary/aromatic N) is 1. The SMILES string of the molecule is C=CC(O)CC1Oc2c(OC)ccc3c2C1=CCN(C)C3. The Bertz CT molecular complexity index is 594. The van der Waals surface area contributed by atoms with Gasteiger partial charge in [0, 0.05) is 30.6 Å². The number of aliphatic hydroxyl groups is 1. The van der Waals surface area contributed by atoms with Gasteiger partial charge in [0.05, 0.1) is 13.2 Å². The maximum Gasteiger partial charge on any atom is 0.170 e. The molecule has 0 radical (unpaired) electrons. The maximum absolute atomic E-state index is 9.88. The molecule has 3 rings (SSSR count). The lowest BCUT2D eigenvalue weighted by Gasteiger charge is -2.17. The van der Waals surface area contributed by atoms with Crippen molar-refractivity contribution in [3.8, 4) is 11.5 Å². The van der Waals surface area contributed by atoms with E-state index in [-0.39, 0.29) is 6.10 Å². The minimum Gasteiger partial charge on any atom is -0.493 e. The smallest absolute Gasteiger partial charge is 0.170 e. The van der Waals surface area contributed by atoms with Crippen LogP contribution >= 0.6 is 0 Å². The van der Waals surface area contributed by atoms with Gasteiger partial charge < -0.3 is 14.6 Å². The quantitative estimate of drug-likeness (QED) is 0.862. The molecule has 0 spiro atoms.